The number of piperidine rings is 1. The van der Waals surface area contributed by atoms with E-state index in [9.17, 15) is 9.90 Å². The van der Waals surface area contributed by atoms with Crippen LogP contribution in [-0.2, 0) is 11.3 Å². The van der Waals surface area contributed by atoms with Crippen LogP contribution in [0.15, 0.2) is 30.6 Å². The fourth-order valence-corrected chi connectivity index (χ4v) is 3.29. The van der Waals surface area contributed by atoms with Crippen molar-refractivity contribution in [2.24, 2.45) is 5.92 Å². The first-order chi connectivity index (χ1) is 12.7. The molecule has 1 fully saturated rings. The van der Waals surface area contributed by atoms with Crippen molar-refractivity contribution in [1.82, 2.24) is 14.7 Å². The zero-order chi connectivity index (χ0) is 19.6. The molecule has 0 unspecified atom stereocenters. The highest BCUT2D eigenvalue weighted by atomic mass is 16.6. The highest BCUT2D eigenvalue weighted by molar-refractivity contribution is 5.68. The van der Waals surface area contributed by atoms with Gasteiger partial charge in [-0.25, -0.2) is 4.79 Å². The quantitative estimate of drug-likeness (QED) is 0.877. The average Bonchev–Trinajstić information content (AvgIpc) is 3.05. The van der Waals surface area contributed by atoms with Gasteiger partial charge in [-0.1, -0.05) is 12.1 Å². The highest BCUT2D eigenvalue weighted by Gasteiger charge is 2.27. The maximum Gasteiger partial charge on any atom is 0.410 e. The van der Waals surface area contributed by atoms with Gasteiger partial charge in [0, 0.05) is 31.4 Å². The molecule has 1 N–H and O–H groups in total. The molecule has 2 aromatic rings. The Bertz CT molecular complexity index is 799. The van der Waals surface area contributed by atoms with Crippen LogP contribution < -0.4 is 0 Å². The molecule has 1 aliphatic rings. The summed E-state index contributed by atoms with van der Waals surface area (Å²) in [4.78, 5) is 14.0. The van der Waals surface area contributed by atoms with Crippen LogP contribution in [0.5, 0.6) is 5.75 Å². The zero-order valence-electron chi connectivity index (χ0n) is 16.6. The van der Waals surface area contributed by atoms with E-state index in [1.807, 2.05) is 56.9 Å². The van der Waals surface area contributed by atoms with Crippen molar-refractivity contribution in [3.63, 3.8) is 0 Å². The zero-order valence-corrected chi connectivity index (χ0v) is 16.6. The molecule has 1 amide bonds. The number of likely N-dealkylation sites (tertiary alicyclic amines) is 1. The summed E-state index contributed by atoms with van der Waals surface area (Å²) in [5.41, 5.74) is 2.37. The summed E-state index contributed by atoms with van der Waals surface area (Å²) in [6.45, 7) is 9.83. The average molecular weight is 371 g/mol. The molecule has 0 bridgehead atoms. The van der Waals surface area contributed by atoms with E-state index in [4.69, 9.17) is 4.74 Å². The predicted molar refractivity (Wildman–Crippen MR) is 105 cm³/mol. The fourth-order valence-electron chi connectivity index (χ4n) is 3.29. The number of phenols is 1. The predicted octanol–water partition coefficient (Wildman–Crippen LogP) is 4.21. The van der Waals surface area contributed by atoms with Crippen molar-refractivity contribution < 1.29 is 14.6 Å². The van der Waals surface area contributed by atoms with Crippen LogP contribution in [0.1, 0.15) is 39.2 Å². The number of hydrogen-bond acceptors (Lipinski definition) is 4. The van der Waals surface area contributed by atoms with E-state index in [1.54, 1.807) is 11.0 Å². The maximum absolute atomic E-state index is 12.2. The number of aromatic nitrogens is 2. The molecule has 1 saturated heterocycles. The molecule has 0 aliphatic carbocycles. The molecule has 27 heavy (non-hydrogen) atoms. The highest BCUT2D eigenvalue weighted by Crippen LogP contribution is 2.26. The van der Waals surface area contributed by atoms with Gasteiger partial charge in [0.05, 0.1) is 6.20 Å². The lowest BCUT2D eigenvalue weighted by Gasteiger charge is -2.33. The molecule has 0 spiro atoms. The monoisotopic (exact) mass is 371 g/mol. The molecule has 0 atom stereocenters. The largest absolute Gasteiger partial charge is 0.508 e. The van der Waals surface area contributed by atoms with Crippen molar-refractivity contribution in [2.75, 3.05) is 13.1 Å². The standard InChI is InChI=1S/C21H29N3O3/c1-15-5-6-17(11-19(15)25)18-12-22-24(14-18)13-16-7-9-23(10-8-16)20(26)27-21(2,3)4/h5-6,11-12,14,16,25H,7-10,13H2,1-4H3. The van der Waals surface area contributed by atoms with Gasteiger partial charge in [-0.15, -0.1) is 0 Å². The lowest BCUT2D eigenvalue weighted by molar-refractivity contribution is 0.0177. The molecular formula is C21H29N3O3. The molecular weight excluding hydrogens is 342 g/mol. The lowest BCUT2D eigenvalue weighted by Crippen LogP contribution is -2.42. The second-order valence-electron chi connectivity index (χ2n) is 8.36. The van der Waals surface area contributed by atoms with Crippen LogP contribution in [-0.4, -0.2) is 44.6 Å². The van der Waals surface area contributed by atoms with Gasteiger partial charge in [-0.05, 0) is 63.6 Å². The van der Waals surface area contributed by atoms with Crippen molar-refractivity contribution in [2.45, 2.75) is 52.7 Å². The summed E-state index contributed by atoms with van der Waals surface area (Å²) in [6.07, 6.45) is 5.52. The number of phenolic OH excluding ortho intramolecular Hbond substituents is 1. The number of benzene rings is 1. The summed E-state index contributed by atoms with van der Waals surface area (Å²) in [7, 11) is 0. The van der Waals surface area contributed by atoms with Crippen LogP contribution in [0.3, 0.4) is 0 Å². The van der Waals surface area contributed by atoms with Crippen LogP contribution in [0.25, 0.3) is 11.1 Å². The van der Waals surface area contributed by atoms with E-state index in [0.717, 1.165) is 49.2 Å². The number of aromatic hydroxyl groups is 1. The Balaban J connectivity index is 1.55. The van der Waals surface area contributed by atoms with Gasteiger partial charge >= 0.3 is 6.09 Å². The van der Waals surface area contributed by atoms with Gasteiger partial charge in [0.1, 0.15) is 11.4 Å². The molecule has 2 heterocycles. The van der Waals surface area contributed by atoms with E-state index in [0.29, 0.717) is 11.7 Å². The Morgan fingerprint density at radius 1 is 1.26 bits per heavy atom. The van der Waals surface area contributed by atoms with Crippen LogP contribution in [0.2, 0.25) is 0 Å². The Labute approximate surface area is 160 Å². The molecule has 146 valence electrons. The summed E-state index contributed by atoms with van der Waals surface area (Å²) in [5, 5.41) is 14.4. The first kappa shape index (κ1) is 19.3. The van der Waals surface area contributed by atoms with E-state index in [2.05, 4.69) is 5.10 Å². The third kappa shape index (κ3) is 5.02. The summed E-state index contributed by atoms with van der Waals surface area (Å²) in [5.74, 6) is 0.789. The van der Waals surface area contributed by atoms with Crippen molar-refractivity contribution in [3.8, 4) is 16.9 Å². The fraction of sp³-hybridized carbons (Fsp3) is 0.524. The molecule has 0 saturated carbocycles. The van der Waals surface area contributed by atoms with Gasteiger partial charge in [0.2, 0.25) is 0 Å². The summed E-state index contributed by atoms with van der Waals surface area (Å²) < 4.78 is 7.41. The number of hydrogen-bond donors (Lipinski definition) is 1. The lowest BCUT2D eigenvalue weighted by atomic mass is 9.97. The molecule has 1 aliphatic heterocycles. The van der Waals surface area contributed by atoms with Crippen LogP contribution >= 0.6 is 0 Å². The molecule has 1 aromatic carbocycles. The van der Waals surface area contributed by atoms with Gasteiger partial charge in [-0.3, -0.25) is 4.68 Å². The number of rotatable bonds is 3. The number of aryl methyl sites for hydroxylation is 1. The van der Waals surface area contributed by atoms with E-state index >= 15 is 0 Å². The van der Waals surface area contributed by atoms with E-state index in [1.165, 1.54) is 0 Å². The Morgan fingerprint density at radius 2 is 1.96 bits per heavy atom. The van der Waals surface area contributed by atoms with E-state index in [-0.39, 0.29) is 6.09 Å². The number of nitrogens with zero attached hydrogens (tertiary/aromatic N) is 3. The van der Waals surface area contributed by atoms with Crippen molar-refractivity contribution in [3.05, 3.63) is 36.2 Å². The van der Waals surface area contributed by atoms with Crippen molar-refractivity contribution in [1.29, 1.82) is 0 Å². The van der Waals surface area contributed by atoms with Gasteiger partial charge in [0.25, 0.3) is 0 Å². The first-order valence-corrected chi connectivity index (χ1v) is 9.51. The minimum absolute atomic E-state index is 0.221. The molecule has 3 rings (SSSR count). The molecule has 6 heteroatoms. The van der Waals surface area contributed by atoms with Crippen molar-refractivity contribution >= 4 is 6.09 Å². The molecule has 1 aromatic heterocycles. The molecule has 0 radical (unpaired) electrons. The Morgan fingerprint density at radius 3 is 2.59 bits per heavy atom. The minimum atomic E-state index is -0.455. The Hall–Kier alpha value is -2.50. The Kier molecular flexibility index (Phi) is 5.44. The van der Waals surface area contributed by atoms with E-state index < -0.39 is 5.60 Å². The van der Waals surface area contributed by atoms with Gasteiger partial charge in [0.15, 0.2) is 0 Å². The van der Waals surface area contributed by atoms with Gasteiger partial charge < -0.3 is 14.7 Å². The first-order valence-electron chi connectivity index (χ1n) is 9.51. The van der Waals surface area contributed by atoms with Crippen LogP contribution in [0, 0.1) is 12.8 Å². The summed E-state index contributed by atoms with van der Waals surface area (Å²) in [6, 6.07) is 5.68. The third-order valence-corrected chi connectivity index (χ3v) is 4.89. The molecule has 6 nitrogen and oxygen atoms in total. The number of carbonyl (C=O) groups excluding carboxylic acids is 1. The van der Waals surface area contributed by atoms with Crippen LogP contribution in [0.4, 0.5) is 4.79 Å². The second-order valence-corrected chi connectivity index (χ2v) is 8.36. The number of amides is 1. The smallest absolute Gasteiger partial charge is 0.410 e. The normalized spacial score (nSPS) is 15.8. The topological polar surface area (TPSA) is 67.6 Å². The summed E-state index contributed by atoms with van der Waals surface area (Å²) >= 11 is 0. The maximum atomic E-state index is 12.2. The minimum Gasteiger partial charge on any atom is -0.508 e. The third-order valence-electron chi connectivity index (χ3n) is 4.89. The van der Waals surface area contributed by atoms with Gasteiger partial charge in [-0.2, -0.15) is 5.10 Å². The number of ether oxygens (including phenoxy) is 1. The second kappa shape index (κ2) is 7.62. The number of carbonyl (C=O) groups is 1. The SMILES string of the molecule is Cc1ccc(-c2cnn(CC3CCN(C(=O)OC(C)(C)C)CC3)c2)cc1O.